The van der Waals surface area contributed by atoms with Crippen molar-refractivity contribution in [3.8, 4) is 5.75 Å². The molecule has 0 radical (unpaired) electrons. The van der Waals surface area contributed by atoms with Crippen molar-refractivity contribution in [2.24, 2.45) is 0 Å². The highest BCUT2D eigenvalue weighted by Crippen LogP contribution is 2.40. The van der Waals surface area contributed by atoms with Gasteiger partial charge in [0.05, 0.1) is 18.4 Å². The van der Waals surface area contributed by atoms with Gasteiger partial charge in [0.2, 0.25) is 0 Å². The summed E-state index contributed by atoms with van der Waals surface area (Å²) in [4.78, 5) is 14.6. The Morgan fingerprint density at radius 2 is 2.21 bits per heavy atom. The highest BCUT2D eigenvalue weighted by Gasteiger charge is 2.40. The van der Waals surface area contributed by atoms with Crippen LogP contribution in [0.5, 0.6) is 5.75 Å². The third kappa shape index (κ3) is 2.78. The molecule has 1 spiro atoms. The van der Waals surface area contributed by atoms with E-state index in [0.29, 0.717) is 5.69 Å². The van der Waals surface area contributed by atoms with Gasteiger partial charge in [-0.2, -0.15) is 0 Å². The molecule has 102 valence electrons. The Hall–Kier alpha value is -1.42. The van der Waals surface area contributed by atoms with E-state index in [4.69, 9.17) is 9.47 Å². The second kappa shape index (κ2) is 5.29. The number of aromatic nitrogens is 1. The fourth-order valence-electron chi connectivity index (χ4n) is 3.17. The van der Waals surface area contributed by atoms with Crippen LogP contribution in [0, 0.1) is 0 Å². The highest BCUT2D eigenvalue weighted by molar-refractivity contribution is 5.71. The minimum atomic E-state index is 0.0685. The fraction of sp³-hybridized carbons (Fsp3) is 0.600. The van der Waals surface area contributed by atoms with Crippen LogP contribution in [0.15, 0.2) is 18.3 Å². The number of nitrogens with zero attached hydrogens (tertiary/aromatic N) is 1. The molecule has 3 rings (SSSR count). The third-order valence-electron chi connectivity index (χ3n) is 4.15. The Morgan fingerprint density at radius 3 is 2.89 bits per heavy atom. The topological polar surface area (TPSA) is 48.4 Å². The molecular weight excluding hydrogens is 242 g/mol. The van der Waals surface area contributed by atoms with Crippen LogP contribution in [0.4, 0.5) is 0 Å². The summed E-state index contributed by atoms with van der Waals surface area (Å²) in [6.45, 7) is 0.782. The number of ether oxygens (including phenoxy) is 2. The van der Waals surface area contributed by atoms with Gasteiger partial charge in [0, 0.05) is 12.8 Å². The smallest absolute Gasteiger partial charge is 0.168 e. The monoisotopic (exact) mass is 261 g/mol. The van der Waals surface area contributed by atoms with E-state index in [2.05, 4.69) is 4.98 Å². The minimum absolute atomic E-state index is 0.0685. The lowest BCUT2D eigenvalue weighted by molar-refractivity contribution is -0.108. The lowest BCUT2D eigenvalue weighted by Gasteiger charge is -2.38. The van der Waals surface area contributed by atoms with E-state index in [1.165, 1.54) is 12.8 Å². The van der Waals surface area contributed by atoms with Crippen LogP contribution >= 0.6 is 0 Å². The summed E-state index contributed by atoms with van der Waals surface area (Å²) < 4.78 is 12.0. The van der Waals surface area contributed by atoms with E-state index in [1.807, 2.05) is 6.07 Å². The number of carbonyl (C=O) groups excluding carboxylic acids is 1. The lowest BCUT2D eigenvalue weighted by atomic mass is 9.90. The molecule has 1 saturated heterocycles. The third-order valence-corrected chi connectivity index (χ3v) is 4.15. The second-order valence-electron chi connectivity index (χ2n) is 5.51. The molecule has 2 fully saturated rings. The summed E-state index contributed by atoms with van der Waals surface area (Å²) in [5.74, 6) is 0.741. The molecule has 4 heteroatoms. The lowest BCUT2D eigenvalue weighted by Crippen LogP contribution is -2.41. The van der Waals surface area contributed by atoms with E-state index >= 15 is 0 Å². The molecular formula is C15H19NO3. The molecule has 19 heavy (non-hydrogen) atoms. The average Bonchev–Trinajstić information content (AvgIpc) is 2.88. The Kier molecular flexibility index (Phi) is 3.51. The van der Waals surface area contributed by atoms with E-state index in [1.54, 1.807) is 12.3 Å². The van der Waals surface area contributed by atoms with Gasteiger partial charge in [0.25, 0.3) is 0 Å². The van der Waals surface area contributed by atoms with Crippen molar-refractivity contribution in [3.63, 3.8) is 0 Å². The number of aldehydes is 1. The van der Waals surface area contributed by atoms with Gasteiger partial charge in [0.15, 0.2) is 6.29 Å². The normalized spacial score (nSPS) is 25.4. The standard InChI is InChI=1S/C15H19NO3/c17-11-12-3-4-14(10-16-12)19-13-5-8-18-15(9-13)6-1-2-7-15/h3-4,10-11,13H,1-2,5-9H2. The maximum atomic E-state index is 10.6. The van der Waals surface area contributed by atoms with Crippen molar-refractivity contribution >= 4 is 6.29 Å². The Balaban J connectivity index is 1.63. The number of hydrogen-bond donors (Lipinski definition) is 0. The van der Waals surface area contributed by atoms with Gasteiger partial charge in [-0.3, -0.25) is 4.79 Å². The van der Waals surface area contributed by atoms with Gasteiger partial charge in [-0.25, -0.2) is 4.98 Å². The van der Waals surface area contributed by atoms with Crippen molar-refractivity contribution in [2.45, 2.75) is 50.2 Å². The molecule has 4 nitrogen and oxygen atoms in total. The van der Waals surface area contributed by atoms with Gasteiger partial charge in [0.1, 0.15) is 17.5 Å². The first-order valence-electron chi connectivity index (χ1n) is 7.02. The van der Waals surface area contributed by atoms with Crippen LogP contribution in [-0.2, 0) is 4.74 Å². The van der Waals surface area contributed by atoms with Crippen LogP contribution in [0.2, 0.25) is 0 Å². The SMILES string of the molecule is O=Cc1ccc(OC2CCOC3(CCCC3)C2)cn1. The van der Waals surface area contributed by atoms with Gasteiger partial charge in [-0.15, -0.1) is 0 Å². The molecule has 0 bridgehead atoms. The van der Waals surface area contributed by atoms with Crippen LogP contribution in [0.25, 0.3) is 0 Å². The first-order chi connectivity index (χ1) is 9.30. The van der Waals surface area contributed by atoms with Gasteiger partial charge in [-0.1, -0.05) is 12.8 Å². The van der Waals surface area contributed by atoms with Crippen LogP contribution in [0.3, 0.4) is 0 Å². The van der Waals surface area contributed by atoms with E-state index in [9.17, 15) is 4.79 Å². The second-order valence-corrected chi connectivity index (χ2v) is 5.51. The number of pyridine rings is 1. The van der Waals surface area contributed by atoms with E-state index in [-0.39, 0.29) is 11.7 Å². The number of rotatable bonds is 3. The quantitative estimate of drug-likeness (QED) is 0.785. The maximum Gasteiger partial charge on any atom is 0.168 e. The zero-order valence-electron chi connectivity index (χ0n) is 11.0. The summed E-state index contributed by atoms with van der Waals surface area (Å²) in [5.41, 5.74) is 0.505. The molecule has 1 atom stereocenters. The molecule has 1 saturated carbocycles. The zero-order valence-corrected chi connectivity index (χ0v) is 11.0. The van der Waals surface area contributed by atoms with Crippen LogP contribution in [0.1, 0.15) is 49.0 Å². The molecule has 1 unspecified atom stereocenters. The average molecular weight is 261 g/mol. The van der Waals surface area contributed by atoms with Gasteiger partial charge < -0.3 is 9.47 Å². The first kappa shape index (κ1) is 12.6. The summed E-state index contributed by atoms with van der Waals surface area (Å²) in [5, 5.41) is 0. The molecule has 1 aliphatic carbocycles. The highest BCUT2D eigenvalue weighted by atomic mass is 16.5. The summed E-state index contributed by atoms with van der Waals surface area (Å²) in [6.07, 6.45) is 9.33. The molecule has 0 N–H and O–H groups in total. The van der Waals surface area contributed by atoms with Crippen LogP contribution in [-0.4, -0.2) is 29.6 Å². The van der Waals surface area contributed by atoms with Gasteiger partial charge >= 0.3 is 0 Å². The van der Waals surface area contributed by atoms with Crippen molar-refractivity contribution in [2.75, 3.05) is 6.61 Å². The summed E-state index contributed by atoms with van der Waals surface area (Å²) in [6, 6.07) is 3.50. The maximum absolute atomic E-state index is 10.6. The Morgan fingerprint density at radius 1 is 1.37 bits per heavy atom. The van der Waals surface area contributed by atoms with Crippen LogP contribution < -0.4 is 4.74 Å². The minimum Gasteiger partial charge on any atom is -0.489 e. The Labute approximate surface area is 113 Å². The molecule has 1 aromatic rings. The molecule has 1 aromatic heterocycles. The van der Waals surface area contributed by atoms with Gasteiger partial charge in [-0.05, 0) is 25.0 Å². The summed E-state index contributed by atoms with van der Waals surface area (Å²) >= 11 is 0. The Bertz CT molecular complexity index is 437. The molecule has 1 aliphatic heterocycles. The van der Waals surface area contributed by atoms with E-state index < -0.39 is 0 Å². The molecule has 0 aromatic carbocycles. The first-order valence-corrected chi connectivity index (χ1v) is 7.02. The number of hydrogen-bond acceptors (Lipinski definition) is 4. The van der Waals surface area contributed by atoms with Crippen molar-refractivity contribution in [1.29, 1.82) is 0 Å². The van der Waals surface area contributed by atoms with Crippen molar-refractivity contribution in [1.82, 2.24) is 4.98 Å². The van der Waals surface area contributed by atoms with Crippen molar-refractivity contribution in [3.05, 3.63) is 24.0 Å². The predicted octanol–water partition coefficient (Wildman–Crippen LogP) is 2.76. The molecule has 0 amide bonds. The largest absolute Gasteiger partial charge is 0.489 e. The number of carbonyl (C=O) groups is 1. The van der Waals surface area contributed by atoms with Crippen molar-refractivity contribution < 1.29 is 14.3 Å². The predicted molar refractivity (Wildman–Crippen MR) is 70.4 cm³/mol. The molecule has 2 heterocycles. The summed E-state index contributed by atoms with van der Waals surface area (Å²) in [7, 11) is 0. The molecule has 2 aliphatic rings. The fourth-order valence-corrected chi connectivity index (χ4v) is 3.17. The van der Waals surface area contributed by atoms with E-state index in [0.717, 1.165) is 44.3 Å². The zero-order chi connectivity index (χ0) is 13.1.